The highest BCUT2D eigenvalue weighted by Crippen LogP contribution is 2.14. The summed E-state index contributed by atoms with van der Waals surface area (Å²) in [4.78, 5) is 23.8. The summed E-state index contributed by atoms with van der Waals surface area (Å²) in [5.41, 5.74) is 4.15. The molecule has 130 valence electrons. The van der Waals surface area contributed by atoms with E-state index in [-0.39, 0.29) is 11.7 Å². The molecule has 1 N–H and O–H groups in total. The zero-order valence-corrected chi connectivity index (χ0v) is 14.6. The Morgan fingerprint density at radius 2 is 2.04 bits per heavy atom. The van der Waals surface area contributed by atoms with Gasteiger partial charge in [0, 0.05) is 37.6 Å². The molecule has 0 aromatic carbocycles. The number of pyridine rings is 1. The van der Waals surface area contributed by atoms with Crippen LogP contribution in [0.5, 0.6) is 0 Å². The molecule has 0 saturated carbocycles. The number of nitrogens with zero attached hydrogens (tertiary/aromatic N) is 4. The van der Waals surface area contributed by atoms with Gasteiger partial charge in [-0.15, -0.1) is 0 Å². The molecule has 0 unspecified atom stereocenters. The fourth-order valence-electron chi connectivity index (χ4n) is 3.08. The van der Waals surface area contributed by atoms with E-state index >= 15 is 0 Å². The Hall–Kier alpha value is -2.96. The molecule has 0 radical (unpaired) electrons. The zero-order chi connectivity index (χ0) is 18.0. The molecule has 0 saturated heterocycles. The first-order valence-electron chi connectivity index (χ1n) is 8.20. The van der Waals surface area contributed by atoms with Gasteiger partial charge in [0.1, 0.15) is 0 Å². The molecule has 3 aromatic rings. The van der Waals surface area contributed by atoms with Gasteiger partial charge in [-0.2, -0.15) is 10.2 Å². The SMILES string of the molecule is CC(=O)c1c(C)nn(CCC(=O)NCc2cccn3nccc23)c1C. The van der Waals surface area contributed by atoms with Gasteiger partial charge in [-0.1, -0.05) is 6.07 Å². The number of hydrogen-bond donors (Lipinski definition) is 1. The number of amides is 1. The van der Waals surface area contributed by atoms with E-state index in [1.165, 1.54) is 6.92 Å². The average molecular weight is 339 g/mol. The van der Waals surface area contributed by atoms with Gasteiger partial charge in [-0.05, 0) is 38.5 Å². The van der Waals surface area contributed by atoms with Crippen LogP contribution in [0.2, 0.25) is 0 Å². The third-order valence-electron chi connectivity index (χ3n) is 4.28. The van der Waals surface area contributed by atoms with E-state index in [0.29, 0.717) is 30.8 Å². The minimum absolute atomic E-state index is 0.000367. The molecule has 7 heteroatoms. The van der Waals surface area contributed by atoms with E-state index in [1.807, 2.05) is 38.2 Å². The second-order valence-corrected chi connectivity index (χ2v) is 6.05. The van der Waals surface area contributed by atoms with Crippen molar-refractivity contribution in [2.75, 3.05) is 0 Å². The number of aryl methyl sites for hydroxylation is 2. The Kier molecular flexibility index (Phi) is 4.65. The van der Waals surface area contributed by atoms with Crippen molar-refractivity contribution < 1.29 is 9.59 Å². The second kappa shape index (κ2) is 6.88. The number of hydrogen-bond acceptors (Lipinski definition) is 4. The fourth-order valence-corrected chi connectivity index (χ4v) is 3.08. The molecule has 0 aliphatic heterocycles. The van der Waals surface area contributed by atoms with E-state index in [2.05, 4.69) is 15.5 Å². The first kappa shape index (κ1) is 16.9. The first-order chi connectivity index (χ1) is 12.0. The van der Waals surface area contributed by atoms with Gasteiger partial charge in [-0.25, -0.2) is 4.52 Å². The quantitative estimate of drug-likeness (QED) is 0.697. The van der Waals surface area contributed by atoms with Crippen molar-refractivity contribution in [1.82, 2.24) is 24.7 Å². The number of fused-ring (bicyclic) bond motifs is 1. The van der Waals surface area contributed by atoms with Crippen LogP contribution in [0.3, 0.4) is 0 Å². The molecular formula is C18H21N5O2. The fraction of sp³-hybridized carbons (Fsp3) is 0.333. The van der Waals surface area contributed by atoms with Crippen LogP contribution in [0.15, 0.2) is 30.6 Å². The highest BCUT2D eigenvalue weighted by Gasteiger charge is 2.15. The van der Waals surface area contributed by atoms with Crippen LogP contribution in [-0.2, 0) is 17.9 Å². The average Bonchev–Trinajstić information content (AvgIpc) is 3.15. The maximum absolute atomic E-state index is 12.2. The summed E-state index contributed by atoms with van der Waals surface area (Å²) in [6.45, 7) is 6.10. The lowest BCUT2D eigenvalue weighted by Gasteiger charge is -2.08. The lowest BCUT2D eigenvalue weighted by Crippen LogP contribution is -2.24. The Morgan fingerprint density at radius 1 is 1.24 bits per heavy atom. The maximum Gasteiger partial charge on any atom is 0.222 e. The predicted molar refractivity (Wildman–Crippen MR) is 93.4 cm³/mol. The molecule has 0 fully saturated rings. The number of aromatic nitrogens is 4. The Labute approximate surface area is 145 Å². The van der Waals surface area contributed by atoms with Crippen LogP contribution in [0, 0.1) is 13.8 Å². The van der Waals surface area contributed by atoms with E-state index in [1.54, 1.807) is 15.4 Å². The molecule has 25 heavy (non-hydrogen) atoms. The van der Waals surface area contributed by atoms with Gasteiger partial charge in [0.25, 0.3) is 0 Å². The molecule has 0 aliphatic carbocycles. The van der Waals surface area contributed by atoms with Gasteiger partial charge < -0.3 is 5.32 Å². The first-order valence-corrected chi connectivity index (χ1v) is 8.20. The standard InChI is InChI=1S/C18H21N5O2/c1-12-18(14(3)24)13(2)22(21-12)10-7-17(25)19-11-15-5-4-9-23-16(15)6-8-20-23/h4-6,8-9H,7,10-11H2,1-3H3,(H,19,25). The molecule has 0 atom stereocenters. The monoisotopic (exact) mass is 339 g/mol. The number of Topliss-reactive ketones (excluding diaryl/α,β-unsaturated/α-hetero) is 1. The second-order valence-electron chi connectivity index (χ2n) is 6.05. The molecule has 0 bridgehead atoms. The number of carbonyl (C=O) groups excluding carboxylic acids is 2. The van der Waals surface area contributed by atoms with Gasteiger partial charge in [0.15, 0.2) is 5.78 Å². The molecule has 3 rings (SSSR count). The topological polar surface area (TPSA) is 81.3 Å². The van der Waals surface area contributed by atoms with Crippen LogP contribution < -0.4 is 5.32 Å². The van der Waals surface area contributed by atoms with E-state index in [0.717, 1.165) is 16.8 Å². The summed E-state index contributed by atoms with van der Waals surface area (Å²) in [7, 11) is 0. The smallest absolute Gasteiger partial charge is 0.222 e. The van der Waals surface area contributed by atoms with Crippen LogP contribution in [0.1, 0.15) is 40.7 Å². The number of ketones is 1. The highest BCUT2D eigenvalue weighted by molar-refractivity contribution is 5.96. The highest BCUT2D eigenvalue weighted by atomic mass is 16.1. The maximum atomic E-state index is 12.2. The summed E-state index contributed by atoms with van der Waals surface area (Å²) in [5, 5.41) is 11.5. The Morgan fingerprint density at radius 3 is 2.76 bits per heavy atom. The van der Waals surface area contributed by atoms with Crippen molar-refractivity contribution >= 4 is 17.2 Å². The van der Waals surface area contributed by atoms with Gasteiger partial charge >= 0.3 is 0 Å². The third kappa shape index (κ3) is 3.45. The van der Waals surface area contributed by atoms with Crippen LogP contribution >= 0.6 is 0 Å². The third-order valence-corrected chi connectivity index (χ3v) is 4.28. The molecule has 3 heterocycles. The summed E-state index contributed by atoms with van der Waals surface area (Å²) in [6.07, 6.45) is 3.91. The summed E-state index contributed by atoms with van der Waals surface area (Å²) >= 11 is 0. The van der Waals surface area contributed by atoms with E-state index in [9.17, 15) is 9.59 Å². The van der Waals surface area contributed by atoms with Gasteiger partial charge in [0.05, 0.1) is 16.8 Å². The molecule has 0 aliphatic rings. The van der Waals surface area contributed by atoms with Crippen molar-refractivity contribution in [2.45, 2.75) is 40.3 Å². The minimum Gasteiger partial charge on any atom is -0.352 e. The number of nitrogens with one attached hydrogen (secondary N) is 1. The van der Waals surface area contributed by atoms with Crippen LogP contribution in [-0.4, -0.2) is 31.1 Å². The normalized spacial score (nSPS) is 11.0. The summed E-state index contributed by atoms with van der Waals surface area (Å²) < 4.78 is 3.50. The van der Waals surface area contributed by atoms with Gasteiger partial charge in [-0.3, -0.25) is 14.3 Å². The van der Waals surface area contributed by atoms with Crippen molar-refractivity contribution in [3.8, 4) is 0 Å². The van der Waals surface area contributed by atoms with Crippen LogP contribution in [0.25, 0.3) is 5.52 Å². The lowest BCUT2D eigenvalue weighted by molar-refractivity contribution is -0.121. The number of carbonyl (C=O) groups is 2. The zero-order valence-electron chi connectivity index (χ0n) is 14.6. The molecular weight excluding hydrogens is 318 g/mol. The van der Waals surface area contributed by atoms with Gasteiger partial charge in [0.2, 0.25) is 5.91 Å². The molecule has 7 nitrogen and oxygen atoms in total. The van der Waals surface area contributed by atoms with Crippen molar-refractivity contribution in [3.63, 3.8) is 0 Å². The van der Waals surface area contributed by atoms with Crippen molar-refractivity contribution in [3.05, 3.63) is 53.1 Å². The lowest BCUT2D eigenvalue weighted by atomic mass is 10.1. The largest absolute Gasteiger partial charge is 0.352 e. The van der Waals surface area contributed by atoms with E-state index in [4.69, 9.17) is 0 Å². The van der Waals surface area contributed by atoms with Crippen molar-refractivity contribution in [1.29, 1.82) is 0 Å². The van der Waals surface area contributed by atoms with Crippen LogP contribution in [0.4, 0.5) is 0 Å². The molecule has 0 spiro atoms. The Bertz CT molecular complexity index is 938. The Balaban J connectivity index is 1.60. The minimum atomic E-state index is -0.0570. The number of rotatable bonds is 6. The summed E-state index contributed by atoms with van der Waals surface area (Å²) in [5.74, 6) is -0.0574. The molecule has 1 amide bonds. The molecule has 3 aromatic heterocycles. The van der Waals surface area contributed by atoms with E-state index < -0.39 is 0 Å². The predicted octanol–water partition coefficient (Wildman–Crippen LogP) is 2.06. The summed E-state index contributed by atoms with van der Waals surface area (Å²) in [6, 6.07) is 5.79. The van der Waals surface area contributed by atoms with Crippen molar-refractivity contribution in [2.24, 2.45) is 0 Å².